The monoisotopic (exact) mass is 402 g/mol. The SMILES string of the molecule is O=c1ccn2c(n1)OC(COc1ccc(-c3ccccc3C3CCCCC3)cc1)C2. The number of ether oxygens (including phenoxy) is 2. The van der Waals surface area contributed by atoms with Gasteiger partial charge in [-0.1, -0.05) is 55.7 Å². The zero-order valence-electron chi connectivity index (χ0n) is 17.0. The van der Waals surface area contributed by atoms with E-state index in [1.165, 1.54) is 54.9 Å². The molecule has 1 fully saturated rings. The minimum atomic E-state index is -0.285. The quantitative estimate of drug-likeness (QED) is 0.615. The van der Waals surface area contributed by atoms with Crippen molar-refractivity contribution in [2.75, 3.05) is 6.61 Å². The van der Waals surface area contributed by atoms with Gasteiger partial charge in [0.25, 0.3) is 11.6 Å². The molecule has 1 atom stereocenters. The van der Waals surface area contributed by atoms with Crippen LogP contribution in [0.5, 0.6) is 11.8 Å². The predicted molar refractivity (Wildman–Crippen MR) is 116 cm³/mol. The van der Waals surface area contributed by atoms with E-state index in [1.807, 2.05) is 16.7 Å². The summed E-state index contributed by atoms with van der Waals surface area (Å²) >= 11 is 0. The number of rotatable bonds is 5. The first kappa shape index (κ1) is 18.9. The molecule has 1 aliphatic carbocycles. The fourth-order valence-electron chi connectivity index (χ4n) is 4.59. The summed E-state index contributed by atoms with van der Waals surface area (Å²) in [5.74, 6) is 1.49. The van der Waals surface area contributed by atoms with Gasteiger partial charge in [-0.15, -0.1) is 0 Å². The molecule has 5 heteroatoms. The summed E-state index contributed by atoms with van der Waals surface area (Å²) in [6, 6.07) is 19.0. The van der Waals surface area contributed by atoms with Crippen LogP contribution in [0, 0.1) is 0 Å². The fraction of sp³-hybridized carbons (Fsp3) is 0.360. The molecule has 30 heavy (non-hydrogen) atoms. The standard InChI is InChI=1S/C25H26N2O3/c28-24-14-15-27-16-21(30-25(27)26-24)17-29-20-12-10-19(11-13-20)23-9-5-4-8-22(23)18-6-2-1-3-7-18/h4-5,8-15,18,21H,1-3,6-7,16-17H2. The Bertz CT molecular complexity index is 1070. The number of fused-ring (bicyclic) bond motifs is 1. The van der Waals surface area contributed by atoms with E-state index in [4.69, 9.17) is 9.47 Å². The molecule has 1 saturated carbocycles. The fourth-order valence-corrected chi connectivity index (χ4v) is 4.59. The molecule has 5 nitrogen and oxygen atoms in total. The third kappa shape index (κ3) is 3.97. The number of hydrogen-bond donors (Lipinski definition) is 0. The van der Waals surface area contributed by atoms with Crippen molar-refractivity contribution in [3.8, 4) is 22.9 Å². The molecule has 1 aromatic heterocycles. The lowest BCUT2D eigenvalue weighted by Gasteiger charge is -2.24. The Balaban J connectivity index is 1.25. The van der Waals surface area contributed by atoms with E-state index in [-0.39, 0.29) is 11.7 Å². The highest BCUT2D eigenvalue weighted by Crippen LogP contribution is 2.38. The van der Waals surface area contributed by atoms with Gasteiger partial charge >= 0.3 is 0 Å². The lowest BCUT2D eigenvalue weighted by molar-refractivity contribution is 0.143. The summed E-state index contributed by atoms with van der Waals surface area (Å²) in [5.41, 5.74) is 3.76. The van der Waals surface area contributed by atoms with Crippen molar-refractivity contribution in [2.24, 2.45) is 0 Å². The number of benzene rings is 2. The van der Waals surface area contributed by atoms with E-state index in [0.29, 0.717) is 25.1 Å². The molecule has 154 valence electrons. The third-order valence-corrected chi connectivity index (χ3v) is 6.13. The highest BCUT2D eigenvalue weighted by atomic mass is 16.6. The molecule has 1 unspecified atom stereocenters. The number of nitrogens with zero attached hydrogens (tertiary/aromatic N) is 2. The first-order chi connectivity index (χ1) is 14.8. The van der Waals surface area contributed by atoms with Crippen LogP contribution in [-0.4, -0.2) is 22.3 Å². The molecule has 2 aliphatic rings. The van der Waals surface area contributed by atoms with Crippen LogP contribution in [0.3, 0.4) is 0 Å². The van der Waals surface area contributed by atoms with E-state index >= 15 is 0 Å². The minimum absolute atomic E-state index is 0.147. The lowest BCUT2D eigenvalue weighted by Crippen LogP contribution is -2.23. The van der Waals surface area contributed by atoms with Crippen molar-refractivity contribution in [3.05, 3.63) is 76.7 Å². The van der Waals surface area contributed by atoms with Crippen molar-refractivity contribution in [1.82, 2.24) is 9.55 Å². The van der Waals surface area contributed by atoms with E-state index in [1.54, 1.807) is 6.20 Å². The van der Waals surface area contributed by atoms with Crippen LogP contribution in [0.25, 0.3) is 11.1 Å². The lowest BCUT2D eigenvalue weighted by atomic mass is 9.81. The molecule has 3 aromatic rings. The largest absolute Gasteiger partial charge is 0.490 e. The van der Waals surface area contributed by atoms with Crippen LogP contribution < -0.4 is 15.0 Å². The highest BCUT2D eigenvalue weighted by Gasteiger charge is 2.24. The van der Waals surface area contributed by atoms with Crippen molar-refractivity contribution < 1.29 is 9.47 Å². The highest BCUT2D eigenvalue weighted by molar-refractivity contribution is 5.68. The van der Waals surface area contributed by atoms with Crippen molar-refractivity contribution in [3.63, 3.8) is 0 Å². The van der Waals surface area contributed by atoms with Gasteiger partial charge in [-0.3, -0.25) is 9.36 Å². The molecule has 0 spiro atoms. The minimum Gasteiger partial charge on any atom is -0.490 e. The van der Waals surface area contributed by atoms with Crippen LogP contribution in [0.15, 0.2) is 65.6 Å². The van der Waals surface area contributed by atoms with Crippen LogP contribution in [-0.2, 0) is 6.54 Å². The Morgan fingerprint density at radius 2 is 1.80 bits per heavy atom. The Kier molecular flexibility index (Phi) is 5.26. The van der Waals surface area contributed by atoms with Gasteiger partial charge in [0.2, 0.25) is 0 Å². The molecule has 2 aromatic carbocycles. The predicted octanol–water partition coefficient (Wildman–Crippen LogP) is 4.80. The van der Waals surface area contributed by atoms with Gasteiger partial charge in [-0.2, -0.15) is 4.98 Å². The summed E-state index contributed by atoms with van der Waals surface area (Å²) in [5, 5.41) is 0. The molecular weight excluding hydrogens is 376 g/mol. The van der Waals surface area contributed by atoms with Crippen LogP contribution in [0.1, 0.15) is 43.6 Å². The van der Waals surface area contributed by atoms with Gasteiger partial charge in [0.15, 0.2) is 6.10 Å². The average Bonchev–Trinajstić information content (AvgIpc) is 3.21. The Hall–Kier alpha value is -3.08. The topological polar surface area (TPSA) is 53.4 Å². The van der Waals surface area contributed by atoms with E-state index in [2.05, 4.69) is 41.4 Å². The van der Waals surface area contributed by atoms with Gasteiger partial charge in [-0.25, -0.2) is 0 Å². The van der Waals surface area contributed by atoms with Crippen molar-refractivity contribution in [2.45, 2.75) is 50.7 Å². The first-order valence-electron chi connectivity index (χ1n) is 10.8. The van der Waals surface area contributed by atoms with Crippen LogP contribution in [0.2, 0.25) is 0 Å². The maximum Gasteiger partial charge on any atom is 0.300 e. The molecule has 0 bridgehead atoms. The molecule has 0 saturated heterocycles. The Morgan fingerprint density at radius 1 is 1.00 bits per heavy atom. The molecule has 0 N–H and O–H groups in total. The molecule has 0 amide bonds. The van der Waals surface area contributed by atoms with Gasteiger partial charge in [0, 0.05) is 12.3 Å². The van der Waals surface area contributed by atoms with Gasteiger partial charge in [0.05, 0.1) is 6.54 Å². The number of aromatic nitrogens is 2. The molecule has 0 radical (unpaired) electrons. The summed E-state index contributed by atoms with van der Waals surface area (Å²) in [6.07, 6.45) is 8.19. The second-order valence-electron chi connectivity index (χ2n) is 8.20. The first-order valence-corrected chi connectivity index (χ1v) is 10.8. The van der Waals surface area contributed by atoms with Crippen molar-refractivity contribution >= 4 is 0 Å². The van der Waals surface area contributed by atoms with Gasteiger partial charge in [0.1, 0.15) is 12.4 Å². The maximum atomic E-state index is 11.4. The summed E-state index contributed by atoms with van der Waals surface area (Å²) in [4.78, 5) is 15.2. The zero-order chi connectivity index (χ0) is 20.3. The van der Waals surface area contributed by atoms with E-state index in [0.717, 1.165) is 5.75 Å². The van der Waals surface area contributed by atoms with Crippen LogP contribution in [0.4, 0.5) is 0 Å². The number of hydrogen-bond acceptors (Lipinski definition) is 4. The summed E-state index contributed by atoms with van der Waals surface area (Å²) in [7, 11) is 0. The normalized spacial score (nSPS) is 18.6. The molecule has 5 rings (SSSR count). The van der Waals surface area contributed by atoms with E-state index in [9.17, 15) is 4.79 Å². The Morgan fingerprint density at radius 3 is 2.63 bits per heavy atom. The molecule has 1 aliphatic heterocycles. The van der Waals surface area contributed by atoms with Gasteiger partial charge in [-0.05, 0) is 47.6 Å². The van der Waals surface area contributed by atoms with Crippen molar-refractivity contribution in [1.29, 1.82) is 0 Å². The maximum absolute atomic E-state index is 11.4. The Labute approximate surface area is 176 Å². The molecular formula is C25H26N2O3. The summed E-state index contributed by atoms with van der Waals surface area (Å²) in [6.45, 7) is 1.05. The van der Waals surface area contributed by atoms with Crippen LogP contribution >= 0.6 is 0 Å². The second kappa shape index (κ2) is 8.34. The third-order valence-electron chi connectivity index (χ3n) is 6.13. The molecule has 2 heterocycles. The smallest absolute Gasteiger partial charge is 0.300 e. The summed E-state index contributed by atoms with van der Waals surface area (Å²) < 4.78 is 13.5. The zero-order valence-corrected chi connectivity index (χ0v) is 17.0. The average molecular weight is 402 g/mol. The second-order valence-corrected chi connectivity index (χ2v) is 8.20. The van der Waals surface area contributed by atoms with E-state index < -0.39 is 0 Å². The van der Waals surface area contributed by atoms with Gasteiger partial charge < -0.3 is 9.47 Å².